The molecule has 0 saturated carbocycles. The molecule has 0 spiro atoms. The lowest BCUT2D eigenvalue weighted by Gasteiger charge is -2.12. The van der Waals surface area contributed by atoms with E-state index in [9.17, 15) is 13.2 Å². The standard InChI is InChI=1S/C25H29N3O6S/c1-17(2)13-14-33-22-11-5-19(16-23(22)32-4)6-12-25(29)26-20-7-9-21(10-8-20)35(30,31)28-24-15-18(3)34-27-24/h5-12,15-17H,13-14H2,1-4H3,(H,26,29)(H,27,28)/b12-6+. The third-order valence-electron chi connectivity index (χ3n) is 4.87. The molecule has 3 rings (SSSR count). The number of aryl methyl sites for hydroxylation is 1. The van der Waals surface area contributed by atoms with E-state index < -0.39 is 10.0 Å². The number of anilines is 2. The van der Waals surface area contributed by atoms with Crippen molar-refractivity contribution in [1.29, 1.82) is 0 Å². The number of nitrogens with one attached hydrogen (secondary N) is 2. The molecular weight excluding hydrogens is 470 g/mol. The van der Waals surface area contributed by atoms with Crippen molar-refractivity contribution in [3.8, 4) is 11.5 Å². The fourth-order valence-corrected chi connectivity index (χ4v) is 3.98. The molecule has 2 N–H and O–H groups in total. The summed E-state index contributed by atoms with van der Waals surface area (Å²) in [7, 11) is -2.27. The summed E-state index contributed by atoms with van der Waals surface area (Å²) < 4.78 is 43.3. The topological polar surface area (TPSA) is 120 Å². The zero-order chi connectivity index (χ0) is 25.4. The Kier molecular flexibility index (Phi) is 8.53. The summed E-state index contributed by atoms with van der Waals surface area (Å²) in [6.07, 6.45) is 3.97. The number of hydrogen-bond donors (Lipinski definition) is 2. The predicted octanol–water partition coefficient (Wildman–Crippen LogP) is 4.87. The molecule has 0 aliphatic rings. The Balaban J connectivity index is 1.59. The molecule has 9 nitrogen and oxygen atoms in total. The van der Waals surface area contributed by atoms with Gasteiger partial charge in [0.15, 0.2) is 17.3 Å². The summed E-state index contributed by atoms with van der Waals surface area (Å²) in [6.45, 7) is 6.52. The van der Waals surface area contributed by atoms with Gasteiger partial charge in [-0.15, -0.1) is 0 Å². The summed E-state index contributed by atoms with van der Waals surface area (Å²) in [5.41, 5.74) is 1.21. The zero-order valence-corrected chi connectivity index (χ0v) is 20.9. The molecule has 35 heavy (non-hydrogen) atoms. The summed E-state index contributed by atoms with van der Waals surface area (Å²) in [4.78, 5) is 12.4. The molecule has 1 heterocycles. The Bertz CT molecular complexity index is 1280. The van der Waals surface area contributed by atoms with Crippen LogP contribution in [0.3, 0.4) is 0 Å². The van der Waals surface area contributed by atoms with Crippen LogP contribution in [0.1, 0.15) is 31.6 Å². The van der Waals surface area contributed by atoms with Gasteiger partial charge in [-0.05, 0) is 67.3 Å². The summed E-state index contributed by atoms with van der Waals surface area (Å²) in [5.74, 6) is 1.99. The lowest BCUT2D eigenvalue weighted by atomic mass is 10.1. The molecule has 0 aliphatic heterocycles. The number of benzene rings is 2. The number of methoxy groups -OCH3 is 1. The van der Waals surface area contributed by atoms with E-state index in [-0.39, 0.29) is 16.6 Å². The highest BCUT2D eigenvalue weighted by Crippen LogP contribution is 2.29. The van der Waals surface area contributed by atoms with Crippen LogP contribution in [0.2, 0.25) is 0 Å². The second kappa shape index (κ2) is 11.6. The zero-order valence-electron chi connectivity index (χ0n) is 20.1. The number of rotatable bonds is 11. The van der Waals surface area contributed by atoms with E-state index in [1.54, 1.807) is 26.2 Å². The van der Waals surface area contributed by atoms with Crippen LogP contribution in [-0.4, -0.2) is 33.2 Å². The highest BCUT2D eigenvalue weighted by atomic mass is 32.2. The Morgan fingerprint density at radius 3 is 2.49 bits per heavy atom. The molecule has 1 aromatic heterocycles. The van der Waals surface area contributed by atoms with Crippen molar-refractivity contribution >= 4 is 33.5 Å². The lowest BCUT2D eigenvalue weighted by Crippen LogP contribution is -2.13. The van der Waals surface area contributed by atoms with Gasteiger partial charge >= 0.3 is 0 Å². The first-order chi connectivity index (χ1) is 16.7. The minimum Gasteiger partial charge on any atom is -0.493 e. The normalized spacial score (nSPS) is 11.6. The van der Waals surface area contributed by atoms with Crippen LogP contribution >= 0.6 is 0 Å². The maximum Gasteiger partial charge on any atom is 0.263 e. The minimum absolute atomic E-state index is 0.0227. The summed E-state index contributed by atoms with van der Waals surface area (Å²) in [6, 6.07) is 12.7. The molecule has 3 aromatic rings. The van der Waals surface area contributed by atoms with Gasteiger partial charge in [-0.25, -0.2) is 8.42 Å². The number of carbonyl (C=O) groups is 1. The molecule has 10 heteroatoms. The van der Waals surface area contributed by atoms with E-state index in [1.165, 1.54) is 36.4 Å². The van der Waals surface area contributed by atoms with Gasteiger partial charge in [-0.2, -0.15) is 0 Å². The second-order valence-electron chi connectivity index (χ2n) is 8.22. The number of carbonyl (C=O) groups excluding carboxylic acids is 1. The van der Waals surface area contributed by atoms with Crippen LogP contribution in [0, 0.1) is 12.8 Å². The Hall–Kier alpha value is -3.79. The maximum absolute atomic E-state index is 12.5. The first-order valence-electron chi connectivity index (χ1n) is 11.0. The molecule has 1 amide bonds. The molecule has 0 atom stereocenters. The van der Waals surface area contributed by atoms with Crippen molar-refractivity contribution in [2.24, 2.45) is 5.92 Å². The average Bonchev–Trinajstić information content (AvgIpc) is 3.22. The predicted molar refractivity (Wildman–Crippen MR) is 134 cm³/mol. The number of amides is 1. The van der Waals surface area contributed by atoms with E-state index in [4.69, 9.17) is 14.0 Å². The number of ether oxygens (including phenoxy) is 2. The second-order valence-corrected chi connectivity index (χ2v) is 9.90. The van der Waals surface area contributed by atoms with Gasteiger partial charge in [0.25, 0.3) is 10.0 Å². The van der Waals surface area contributed by atoms with Gasteiger partial charge in [0.05, 0.1) is 18.6 Å². The molecule has 186 valence electrons. The van der Waals surface area contributed by atoms with Crippen molar-refractivity contribution in [3.63, 3.8) is 0 Å². The molecule has 0 bridgehead atoms. The molecule has 0 saturated heterocycles. The van der Waals surface area contributed by atoms with E-state index in [2.05, 4.69) is 29.0 Å². The van der Waals surface area contributed by atoms with Crippen molar-refractivity contribution in [2.75, 3.05) is 23.8 Å². The van der Waals surface area contributed by atoms with Crippen LogP contribution in [0.4, 0.5) is 11.5 Å². The van der Waals surface area contributed by atoms with Gasteiger partial charge in [0.2, 0.25) is 5.91 Å². The Labute approximate surface area is 205 Å². The molecule has 0 unspecified atom stereocenters. The molecule has 0 radical (unpaired) electrons. The molecular formula is C25H29N3O6S. The highest BCUT2D eigenvalue weighted by molar-refractivity contribution is 7.92. The van der Waals surface area contributed by atoms with Crippen LogP contribution in [-0.2, 0) is 14.8 Å². The maximum atomic E-state index is 12.5. The van der Waals surface area contributed by atoms with Crippen molar-refractivity contribution < 1.29 is 27.2 Å². The SMILES string of the molecule is COc1cc(/C=C/C(=O)Nc2ccc(S(=O)(=O)Nc3cc(C)on3)cc2)ccc1OCCC(C)C. The van der Waals surface area contributed by atoms with Crippen LogP contribution < -0.4 is 19.5 Å². The smallest absolute Gasteiger partial charge is 0.263 e. The summed E-state index contributed by atoms with van der Waals surface area (Å²) in [5, 5.41) is 6.32. The number of hydrogen-bond acceptors (Lipinski definition) is 7. The third-order valence-corrected chi connectivity index (χ3v) is 6.24. The quantitative estimate of drug-likeness (QED) is 0.361. The van der Waals surface area contributed by atoms with Crippen molar-refractivity contribution in [2.45, 2.75) is 32.1 Å². The largest absolute Gasteiger partial charge is 0.493 e. The van der Waals surface area contributed by atoms with Crippen LogP contribution in [0.25, 0.3) is 6.08 Å². The molecule has 0 aliphatic carbocycles. The van der Waals surface area contributed by atoms with Gasteiger partial charge in [0.1, 0.15) is 5.76 Å². The molecule has 2 aromatic carbocycles. The third kappa shape index (κ3) is 7.61. The highest BCUT2D eigenvalue weighted by Gasteiger charge is 2.16. The van der Waals surface area contributed by atoms with Crippen LogP contribution in [0.15, 0.2) is 64.0 Å². The first kappa shape index (κ1) is 25.8. The van der Waals surface area contributed by atoms with E-state index >= 15 is 0 Å². The lowest BCUT2D eigenvalue weighted by molar-refractivity contribution is -0.111. The average molecular weight is 500 g/mol. The van der Waals surface area contributed by atoms with Gasteiger partial charge in [-0.1, -0.05) is 25.1 Å². The first-order valence-corrected chi connectivity index (χ1v) is 12.5. The van der Waals surface area contributed by atoms with E-state index in [1.807, 2.05) is 12.1 Å². The fraction of sp³-hybridized carbons (Fsp3) is 0.280. The monoisotopic (exact) mass is 499 g/mol. The Morgan fingerprint density at radius 1 is 1.11 bits per heavy atom. The van der Waals surface area contributed by atoms with E-state index in [0.29, 0.717) is 35.5 Å². The summed E-state index contributed by atoms with van der Waals surface area (Å²) >= 11 is 0. The van der Waals surface area contributed by atoms with Crippen LogP contribution in [0.5, 0.6) is 11.5 Å². The van der Waals surface area contributed by atoms with Crippen molar-refractivity contribution in [3.05, 3.63) is 65.9 Å². The van der Waals surface area contributed by atoms with Crippen molar-refractivity contribution in [1.82, 2.24) is 5.16 Å². The minimum atomic E-state index is -3.83. The Morgan fingerprint density at radius 2 is 1.86 bits per heavy atom. The number of nitrogens with zero attached hydrogens (tertiary/aromatic N) is 1. The van der Waals surface area contributed by atoms with Gasteiger partial charge in [0, 0.05) is 17.8 Å². The van der Waals surface area contributed by atoms with Gasteiger partial charge in [-0.3, -0.25) is 9.52 Å². The molecule has 0 fully saturated rings. The number of aromatic nitrogens is 1. The van der Waals surface area contributed by atoms with E-state index in [0.717, 1.165) is 12.0 Å². The van der Waals surface area contributed by atoms with Gasteiger partial charge < -0.3 is 19.3 Å². The fourth-order valence-electron chi connectivity index (χ4n) is 3.00. The number of sulfonamides is 1.